The molecule has 0 aliphatic carbocycles. The van der Waals surface area contributed by atoms with Crippen molar-refractivity contribution in [3.63, 3.8) is 0 Å². The molecule has 5 aromatic carbocycles. The Bertz CT molecular complexity index is 2830. The number of alkyl halides is 24. The zero-order valence-electron chi connectivity index (χ0n) is 38.1. The second kappa shape index (κ2) is 22.0. The molecule has 0 saturated heterocycles. The molecule has 0 fully saturated rings. The highest BCUT2D eigenvalue weighted by Crippen LogP contribution is 2.41. The minimum Gasteiger partial charge on any atom is -0.452 e. The summed E-state index contributed by atoms with van der Waals surface area (Å²) in [5, 5.41) is 3.12. The van der Waals surface area contributed by atoms with Gasteiger partial charge in [0.2, 0.25) is 12.3 Å². The molecule has 0 bridgehead atoms. The van der Waals surface area contributed by atoms with Gasteiger partial charge in [0.1, 0.15) is 12.3 Å². The maximum atomic E-state index is 14.2. The van der Waals surface area contributed by atoms with Crippen molar-refractivity contribution >= 4 is 39.7 Å². The standard InChI is InChI=1S/C32H12BF24.C14H12N5O3/c34-25(35,36)13-1-14(26(37,38)39)6-21(5-13)33(22-7-15(27(40,41)42)2-16(8-22)28(43,44)45,23-9-17(29(46,47)48)3-18(10-23)30(49,50)51)24-11-19(31(52,53)54)4-20(12-24)32(55,56)57;15-18-17-10-22-14(21)12-8-16-6-7-19(12)9-13(20)11-4-2-1-3-5-11/h1-12H;1-8H,9-10H2/q-1;+1. The zero-order chi connectivity index (χ0) is 59.7. The van der Waals surface area contributed by atoms with E-state index in [-0.39, 0.29) is 18.0 Å². The van der Waals surface area contributed by atoms with Gasteiger partial charge in [-0.05, 0) is 29.8 Å². The van der Waals surface area contributed by atoms with Crippen molar-refractivity contribution in [3.8, 4) is 0 Å². The van der Waals surface area contributed by atoms with Crippen LogP contribution in [0, 0.1) is 0 Å². The normalized spacial score (nSPS) is 13.0. The molecule has 33 heteroatoms. The van der Waals surface area contributed by atoms with Gasteiger partial charge in [0.05, 0.1) is 50.7 Å². The quantitative estimate of drug-likeness (QED) is 0.0199. The van der Waals surface area contributed by atoms with Crippen molar-refractivity contribution < 1.29 is 124 Å². The van der Waals surface area contributed by atoms with Gasteiger partial charge in [0.15, 0.2) is 12.9 Å². The van der Waals surface area contributed by atoms with Crippen molar-refractivity contribution in [2.24, 2.45) is 5.11 Å². The smallest absolute Gasteiger partial charge is 0.416 e. The number of aromatic nitrogens is 2. The number of esters is 1. The summed E-state index contributed by atoms with van der Waals surface area (Å²) >= 11 is 0. The van der Waals surface area contributed by atoms with Gasteiger partial charge in [0.25, 0.3) is 0 Å². The summed E-state index contributed by atoms with van der Waals surface area (Å²) in [6.07, 6.45) is -50.6. The van der Waals surface area contributed by atoms with E-state index in [2.05, 4.69) is 15.0 Å². The first-order chi connectivity index (χ1) is 36.0. The van der Waals surface area contributed by atoms with Crippen molar-refractivity contribution in [3.05, 3.63) is 188 Å². The summed E-state index contributed by atoms with van der Waals surface area (Å²) in [5.41, 5.74) is -21.4. The molecule has 0 amide bonds. The highest BCUT2D eigenvalue weighted by Gasteiger charge is 2.47. The molecule has 6 aromatic rings. The SMILES string of the molecule is FC(F)(F)c1cc([B-](c2cc(C(F)(F)F)cc(C(F)(F)F)c2)(c2cc(C(F)(F)F)cc(C(F)(F)F)c2)c2cc(C(F)(F)F)cc(C(F)(F)F)c2)cc(C(F)(F)F)c1.[N-]=[N+]=NCOC(=O)c1cncc[n+]1CC(=O)c1ccccc1. The Hall–Kier alpha value is -7.99. The lowest BCUT2D eigenvalue weighted by Crippen LogP contribution is -2.75. The van der Waals surface area contributed by atoms with E-state index in [1.54, 1.807) is 24.3 Å². The van der Waals surface area contributed by atoms with Crippen LogP contribution in [0.2, 0.25) is 0 Å². The molecule has 0 spiro atoms. The number of azide groups is 1. The number of ether oxygens (including phenoxy) is 1. The zero-order valence-corrected chi connectivity index (χ0v) is 38.1. The Morgan fingerprint density at radius 2 is 0.772 bits per heavy atom. The Labute approximate surface area is 424 Å². The minimum atomic E-state index is -6.13. The van der Waals surface area contributed by atoms with Crippen LogP contribution in [0.15, 0.2) is 127 Å². The van der Waals surface area contributed by atoms with E-state index in [0.29, 0.717) is 5.56 Å². The summed E-state index contributed by atoms with van der Waals surface area (Å²) in [5.74, 6) is -0.873. The molecule has 422 valence electrons. The number of ketones is 1. The highest BCUT2D eigenvalue weighted by molar-refractivity contribution is 7.20. The van der Waals surface area contributed by atoms with E-state index in [1.165, 1.54) is 23.2 Å². The average molecular weight is 1160 g/mol. The Balaban J connectivity index is 0.000000433. The van der Waals surface area contributed by atoms with Crippen molar-refractivity contribution in [1.82, 2.24) is 4.98 Å². The van der Waals surface area contributed by atoms with Crippen LogP contribution in [0.4, 0.5) is 105 Å². The monoisotopic (exact) mass is 1160 g/mol. The van der Waals surface area contributed by atoms with Gasteiger partial charge >= 0.3 is 61.1 Å². The van der Waals surface area contributed by atoms with Crippen LogP contribution >= 0.6 is 0 Å². The van der Waals surface area contributed by atoms with Gasteiger partial charge in [-0.25, -0.2) is 4.79 Å². The van der Waals surface area contributed by atoms with Crippen LogP contribution in [0.3, 0.4) is 0 Å². The first kappa shape index (κ1) is 61.9. The molecule has 0 N–H and O–H groups in total. The Morgan fingerprint density at radius 3 is 1.04 bits per heavy atom. The second-order valence-electron chi connectivity index (χ2n) is 16.4. The van der Waals surface area contributed by atoms with E-state index in [1.807, 2.05) is 6.07 Å². The number of carbonyl (C=O) groups is 2. The molecule has 0 aliphatic heterocycles. The van der Waals surface area contributed by atoms with Gasteiger partial charge in [-0.15, -0.1) is 0 Å². The largest absolute Gasteiger partial charge is 0.452 e. The third-order valence-corrected chi connectivity index (χ3v) is 11.2. The predicted octanol–water partition coefficient (Wildman–Crippen LogP) is 12.9. The molecule has 0 radical (unpaired) electrons. The lowest BCUT2D eigenvalue weighted by molar-refractivity contribution is -0.686. The van der Waals surface area contributed by atoms with E-state index >= 15 is 0 Å². The number of nitrogens with zero attached hydrogens (tertiary/aromatic N) is 5. The van der Waals surface area contributed by atoms with Crippen LogP contribution in [0.25, 0.3) is 10.4 Å². The number of benzene rings is 5. The topological polar surface area (TPSA) is 109 Å². The van der Waals surface area contributed by atoms with E-state index in [4.69, 9.17) is 10.3 Å². The Kier molecular flexibility index (Phi) is 17.3. The first-order valence-corrected chi connectivity index (χ1v) is 20.9. The summed E-state index contributed by atoms with van der Waals surface area (Å²) in [6.45, 7) is -0.449. The third-order valence-electron chi connectivity index (χ3n) is 11.2. The molecule has 0 saturated carbocycles. The van der Waals surface area contributed by atoms with Crippen molar-refractivity contribution in [2.45, 2.75) is 56.0 Å². The predicted molar refractivity (Wildman–Crippen MR) is 225 cm³/mol. The fourth-order valence-electron chi connectivity index (χ4n) is 7.82. The second-order valence-corrected chi connectivity index (χ2v) is 16.4. The van der Waals surface area contributed by atoms with Crippen LogP contribution in [0.1, 0.15) is 65.4 Å². The van der Waals surface area contributed by atoms with E-state index < -0.39 is 207 Å². The lowest BCUT2D eigenvalue weighted by Gasteiger charge is -2.46. The average Bonchev–Trinajstić information content (AvgIpc) is 3.37. The Morgan fingerprint density at radius 1 is 0.481 bits per heavy atom. The third kappa shape index (κ3) is 14.8. The minimum absolute atomic E-state index is 0.0293. The molecular weight excluding hydrogens is 1140 g/mol. The maximum absolute atomic E-state index is 14.2. The maximum Gasteiger partial charge on any atom is 0.416 e. The molecular formula is C46H24BF24N5O3. The van der Waals surface area contributed by atoms with Gasteiger partial charge < -0.3 is 4.74 Å². The van der Waals surface area contributed by atoms with Crippen molar-refractivity contribution in [1.29, 1.82) is 0 Å². The summed E-state index contributed by atoms with van der Waals surface area (Å²) in [7, 11) is 0. The molecule has 0 atom stereocenters. The van der Waals surface area contributed by atoms with Crippen molar-refractivity contribution in [2.75, 3.05) is 6.73 Å². The number of carbonyl (C=O) groups excluding carboxylic acids is 2. The number of Topliss-reactive ketones (excluding diaryl/α,β-unsaturated/α-hetero) is 1. The summed E-state index contributed by atoms with van der Waals surface area (Å²) in [4.78, 5) is 30.4. The molecule has 0 aliphatic rings. The molecule has 8 nitrogen and oxygen atoms in total. The van der Waals surface area contributed by atoms with Gasteiger partial charge in [0, 0.05) is 10.5 Å². The number of hydrogen-bond donors (Lipinski definition) is 0. The van der Waals surface area contributed by atoms with E-state index in [9.17, 15) is 115 Å². The number of hydrogen-bond acceptors (Lipinski definition) is 5. The highest BCUT2D eigenvalue weighted by atomic mass is 19.4. The van der Waals surface area contributed by atoms with Crippen LogP contribution in [-0.2, 0) is 60.7 Å². The van der Waals surface area contributed by atoms with Gasteiger partial charge in [-0.3, -0.25) is 9.78 Å². The van der Waals surface area contributed by atoms with Gasteiger partial charge in [-0.2, -0.15) is 132 Å². The van der Waals surface area contributed by atoms with Crippen LogP contribution in [-0.4, -0.2) is 29.6 Å². The molecule has 1 aromatic heterocycles. The molecule has 79 heavy (non-hydrogen) atoms. The van der Waals surface area contributed by atoms with Crippen LogP contribution in [0.5, 0.6) is 0 Å². The number of rotatable bonds is 10. The molecule has 6 rings (SSSR count). The lowest BCUT2D eigenvalue weighted by atomic mass is 9.12. The first-order valence-electron chi connectivity index (χ1n) is 20.9. The summed E-state index contributed by atoms with van der Waals surface area (Å²) in [6, 6.07) is -0.0729. The van der Waals surface area contributed by atoms with E-state index in [0.717, 1.165) is 0 Å². The molecule has 1 heterocycles. The van der Waals surface area contributed by atoms with Gasteiger partial charge in [-0.1, -0.05) is 84.0 Å². The number of halogens is 24. The molecule has 0 unspecified atom stereocenters. The fraction of sp³-hybridized carbons (Fsp3) is 0.217. The summed E-state index contributed by atoms with van der Waals surface area (Å²) < 4.78 is 347. The fourth-order valence-corrected chi connectivity index (χ4v) is 7.82. The van der Waals surface area contributed by atoms with Crippen LogP contribution < -0.4 is 26.4 Å².